The second kappa shape index (κ2) is 7.54. The van der Waals surface area contributed by atoms with E-state index in [1.54, 1.807) is 11.0 Å². The molecule has 2 heterocycles. The SMILES string of the molecule is CCN(C)[C@H]1CCC[C@H]1Oc1ccc2c(c1)CN(C1CCC(=O)NC1=O)C2=O. The molecule has 1 saturated heterocycles. The number of fused-ring (bicyclic) bond motifs is 1. The Bertz CT molecular complexity index is 809. The first kappa shape index (κ1) is 18.9. The summed E-state index contributed by atoms with van der Waals surface area (Å²) in [5.41, 5.74) is 1.50. The molecule has 28 heavy (non-hydrogen) atoms. The second-order valence-corrected chi connectivity index (χ2v) is 7.95. The standard InChI is InChI=1S/C21H27N3O4/c1-3-23(2)16-5-4-6-18(16)28-14-7-8-15-13(11-14)12-24(21(15)27)17-9-10-19(25)22-20(17)26/h7-8,11,16-18H,3-6,9-10,12H2,1-2H3,(H,22,25,26)/t16-,17?,18+/m0/s1. The third-order valence-electron chi connectivity index (χ3n) is 6.27. The fraction of sp³-hybridized carbons (Fsp3) is 0.571. The van der Waals surface area contributed by atoms with Crippen LogP contribution in [0.3, 0.4) is 0 Å². The average molecular weight is 385 g/mol. The molecule has 1 aliphatic carbocycles. The van der Waals surface area contributed by atoms with Crippen molar-refractivity contribution in [1.29, 1.82) is 0 Å². The van der Waals surface area contributed by atoms with Crippen molar-refractivity contribution >= 4 is 17.7 Å². The Labute approximate surface area is 165 Å². The second-order valence-electron chi connectivity index (χ2n) is 7.95. The van der Waals surface area contributed by atoms with Gasteiger partial charge in [-0.2, -0.15) is 0 Å². The first-order valence-corrected chi connectivity index (χ1v) is 10.1. The van der Waals surface area contributed by atoms with Crippen LogP contribution in [-0.4, -0.2) is 59.3 Å². The van der Waals surface area contributed by atoms with Gasteiger partial charge in [0.1, 0.15) is 17.9 Å². The summed E-state index contributed by atoms with van der Waals surface area (Å²) in [5, 5.41) is 2.33. The minimum atomic E-state index is -0.584. The van der Waals surface area contributed by atoms with Crippen LogP contribution in [0, 0.1) is 0 Å². The van der Waals surface area contributed by atoms with Crippen LogP contribution in [0.5, 0.6) is 5.75 Å². The van der Waals surface area contributed by atoms with Gasteiger partial charge in [0, 0.05) is 24.6 Å². The molecule has 150 valence electrons. The van der Waals surface area contributed by atoms with Crippen LogP contribution in [-0.2, 0) is 16.1 Å². The number of nitrogens with zero attached hydrogens (tertiary/aromatic N) is 2. The number of carbonyl (C=O) groups excluding carboxylic acids is 3. The van der Waals surface area contributed by atoms with Gasteiger partial charge < -0.3 is 14.5 Å². The van der Waals surface area contributed by atoms with Gasteiger partial charge in [-0.25, -0.2) is 0 Å². The molecule has 3 atom stereocenters. The predicted molar refractivity (Wildman–Crippen MR) is 103 cm³/mol. The Balaban J connectivity index is 1.48. The van der Waals surface area contributed by atoms with Gasteiger partial charge in [0.2, 0.25) is 11.8 Å². The summed E-state index contributed by atoms with van der Waals surface area (Å²) < 4.78 is 6.29. The summed E-state index contributed by atoms with van der Waals surface area (Å²) in [6.45, 7) is 3.52. The van der Waals surface area contributed by atoms with E-state index >= 15 is 0 Å². The third kappa shape index (κ3) is 3.39. The van der Waals surface area contributed by atoms with E-state index in [2.05, 4.69) is 24.2 Å². The van der Waals surface area contributed by atoms with Gasteiger partial charge in [-0.1, -0.05) is 6.92 Å². The van der Waals surface area contributed by atoms with Crippen LogP contribution in [0.4, 0.5) is 0 Å². The van der Waals surface area contributed by atoms with Crippen molar-refractivity contribution in [2.75, 3.05) is 13.6 Å². The number of nitrogens with one attached hydrogen (secondary N) is 1. The predicted octanol–water partition coefficient (Wildman–Crippen LogP) is 1.70. The Morgan fingerprint density at radius 1 is 1.21 bits per heavy atom. The molecule has 0 bridgehead atoms. The maximum Gasteiger partial charge on any atom is 0.255 e. The number of likely N-dealkylation sites (N-methyl/N-ethyl adjacent to an activating group) is 1. The molecular weight excluding hydrogens is 358 g/mol. The molecule has 3 aliphatic rings. The topological polar surface area (TPSA) is 79.0 Å². The first-order chi connectivity index (χ1) is 13.5. The molecule has 3 amide bonds. The highest BCUT2D eigenvalue weighted by Crippen LogP contribution is 2.32. The molecule has 0 spiro atoms. The third-order valence-corrected chi connectivity index (χ3v) is 6.27. The van der Waals surface area contributed by atoms with Crippen molar-refractivity contribution in [2.24, 2.45) is 0 Å². The number of benzene rings is 1. The van der Waals surface area contributed by atoms with Crippen LogP contribution in [0.25, 0.3) is 0 Å². The van der Waals surface area contributed by atoms with Gasteiger partial charge in [-0.3, -0.25) is 19.7 Å². The molecule has 1 unspecified atom stereocenters. The van der Waals surface area contributed by atoms with E-state index in [9.17, 15) is 14.4 Å². The zero-order valence-electron chi connectivity index (χ0n) is 16.4. The summed E-state index contributed by atoms with van der Waals surface area (Å²) in [6.07, 6.45) is 4.13. The number of hydrogen-bond donors (Lipinski definition) is 1. The number of imide groups is 1. The van der Waals surface area contributed by atoms with E-state index in [0.717, 1.165) is 37.1 Å². The van der Waals surface area contributed by atoms with Crippen molar-refractivity contribution in [2.45, 2.75) is 63.8 Å². The summed E-state index contributed by atoms with van der Waals surface area (Å²) in [4.78, 5) is 40.2. The summed E-state index contributed by atoms with van der Waals surface area (Å²) in [6, 6.07) is 5.41. The van der Waals surface area contributed by atoms with Gasteiger partial charge in [0.25, 0.3) is 5.91 Å². The van der Waals surface area contributed by atoms with Crippen LogP contribution >= 0.6 is 0 Å². The molecule has 7 nitrogen and oxygen atoms in total. The van der Waals surface area contributed by atoms with Crippen LogP contribution < -0.4 is 10.1 Å². The van der Waals surface area contributed by atoms with Crippen molar-refractivity contribution < 1.29 is 19.1 Å². The van der Waals surface area contributed by atoms with Crippen molar-refractivity contribution in [1.82, 2.24) is 15.1 Å². The number of hydrogen-bond acceptors (Lipinski definition) is 5. The Kier molecular flexibility index (Phi) is 5.10. The van der Waals surface area contributed by atoms with Crippen LogP contribution in [0.15, 0.2) is 18.2 Å². The van der Waals surface area contributed by atoms with Gasteiger partial charge in [0.05, 0.1) is 0 Å². The first-order valence-electron chi connectivity index (χ1n) is 10.1. The lowest BCUT2D eigenvalue weighted by molar-refractivity contribution is -0.136. The maximum absolute atomic E-state index is 12.8. The number of piperidine rings is 1. The summed E-state index contributed by atoms with van der Waals surface area (Å²) >= 11 is 0. The van der Waals surface area contributed by atoms with E-state index in [1.807, 2.05) is 12.1 Å². The highest BCUT2D eigenvalue weighted by atomic mass is 16.5. The van der Waals surface area contributed by atoms with Gasteiger partial charge in [-0.15, -0.1) is 0 Å². The fourth-order valence-electron chi connectivity index (χ4n) is 4.58. The monoisotopic (exact) mass is 385 g/mol. The molecule has 2 fully saturated rings. The lowest BCUT2D eigenvalue weighted by Gasteiger charge is -2.29. The molecule has 1 aromatic carbocycles. The molecular formula is C21H27N3O4. The Hall–Kier alpha value is -2.41. The van der Waals surface area contributed by atoms with Crippen LogP contribution in [0.1, 0.15) is 54.9 Å². The quantitative estimate of drug-likeness (QED) is 0.781. The fourth-order valence-corrected chi connectivity index (χ4v) is 4.58. The lowest BCUT2D eigenvalue weighted by Crippen LogP contribution is -2.52. The van der Waals surface area contributed by atoms with E-state index in [4.69, 9.17) is 4.74 Å². The van der Waals surface area contributed by atoms with Crippen molar-refractivity contribution in [3.63, 3.8) is 0 Å². The normalized spacial score (nSPS) is 27.3. The summed E-state index contributed by atoms with van der Waals surface area (Å²) in [7, 11) is 2.13. The number of ether oxygens (including phenoxy) is 1. The number of rotatable bonds is 5. The van der Waals surface area contributed by atoms with E-state index < -0.39 is 6.04 Å². The molecule has 1 aromatic rings. The molecule has 2 aliphatic heterocycles. The van der Waals surface area contributed by atoms with Gasteiger partial charge in [-0.05, 0) is 63.0 Å². The molecule has 7 heteroatoms. The molecule has 0 aromatic heterocycles. The highest BCUT2D eigenvalue weighted by Gasteiger charge is 2.39. The Morgan fingerprint density at radius 2 is 2.04 bits per heavy atom. The minimum Gasteiger partial charge on any atom is -0.489 e. The number of amides is 3. The zero-order chi connectivity index (χ0) is 19.8. The molecule has 4 rings (SSSR count). The minimum absolute atomic E-state index is 0.152. The smallest absolute Gasteiger partial charge is 0.255 e. The number of carbonyl (C=O) groups is 3. The van der Waals surface area contributed by atoms with Crippen LogP contribution in [0.2, 0.25) is 0 Å². The zero-order valence-corrected chi connectivity index (χ0v) is 16.4. The van der Waals surface area contributed by atoms with Crippen molar-refractivity contribution in [3.05, 3.63) is 29.3 Å². The largest absolute Gasteiger partial charge is 0.489 e. The highest BCUT2D eigenvalue weighted by molar-refractivity contribution is 6.05. The van der Waals surface area contributed by atoms with E-state index in [1.165, 1.54) is 0 Å². The molecule has 0 radical (unpaired) electrons. The summed E-state index contributed by atoms with van der Waals surface area (Å²) in [5.74, 6) is -0.0341. The van der Waals surface area contributed by atoms with Gasteiger partial charge in [0.15, 0.2) is 0 Å². The maximum atomic E-state index is 12.8. The molecule has 1 N–H and O–H groups in total. The lowest BCUT2D eigenvalue weighted by atomic mass is 10.0. The van der Waals surface area contributed by atoms with Gasteiger partial charge >= 0.3 is 0 Å². The van der Waals surface area contributed by atoms with Crippen molar-refractivity contribution in [3.8, 4) is 5.75 Å². The average Bonchev–Trinajstić information content (AvgIpc) is 3.26. The van der Waals surface area contributed by atoms with E-state index in [-0.39, 0.29) is 30.2 Å². The molecule has 1 saturated carbocycles. The van der Waals surface area contributed by atoms with E-state index in [0.29, 0.717) is 24.6 Å². The Morgan fingerprint density at radius 3 is 2.79 bits per heavy atom.